The first-order valence-corrected chi connectivity index (χ1v) is 8.12. The Bertz CT molecular complexity index is 588. The van der Waals surface area contributed by atoms with Gasteiger partial charge in [0.05, 0.1) is 13.7 Å². The maximum Gasteiger partial charge on any atom is 0.396 e. The molecule has 1 fully saturated rings. The van der Waals surface area contributed by atoms with E-state index in [1.165, 1.54) is 19.6 Å². The van der Waals surface area contributed by atoms with Crippen LogP contribution in [0.5, 0.6) is 0 Å². The van der Waals surface area contributed by atoms with Gasteiger partial charge in [-0.25, -0.2) is 4.79 Å². The number of anilines is 1. The molecule has 1 aromatic carbocycles. The summed E-state index contributed by atoms with van der Waals surface area (Å²) in [5.41, 5.74) is 1.79. The second-order valence-electron chi connectivity index (χ2n) is 6.09. The van der Waals surface area contributed by atoms with Gasteiger partial charge in [0, 0.05) is 12.6 Å². The van der Waals surface area contributed by atoms with Gasteiger partial charge in [-0.3, -0.25) is 9.59 Å². The molecular formula is C18H23NO5. The predicted molar refractivity (Wildman–Crippen MR) is 88.4 cm³/mol. The SMILES string of the molecule is COC(=O)C(=O)Nc1ccc([C@H]2CC[C@H](COC(C)=O)CC2)cc1. The quantitative estimate of drug-likeness (QED) is 0.676. The van der Waals surface area contributed by atoms with Gasteiger partial charge < -0.3 is 14.8 Å². The molecule has 0 heterocycles. The number of hydrogen-bond donors (Lipinski definition) is 1. The molecule has 1 aliphatic carbocycles. The van der Waals surface area contributed by atoms with E-state index in [9.17, 15) is 14.4 Å². The lowest BCUT2D eigenvalue weighted by atomic mass is 9.79. The zero-order valence-corrected chi connectivity index (χ0v) is 14.0. The van der Waals surface area contributed by atoms with Crippen molar-refractivity contribution in [2.24, 2.45) is 5.92 Å². The van der Waals surface area contributed by atoms with Crippen molar-refractivity contribution in [1.29, 1.82) is 0 Å². The number of nitrogens with one attached hydrogen (secondary N) is 1. The van der Waals surface area contributed by atoms with Crippen LogP contribution in [0.25, 0.3) is 0 Å². The molecule has 2 rings (SSSR count). The summed E-state index contributed by atoms with van der Waals surface area (Å²) in [6.07, 6.45) is 4.19. The van der Waals surface area contributed by atoms with Gasteiger partial charge >= 0.3 is 17.8 Å². The fourth-order valence-corrected chi connectivity index (χ4v) is 3.01. The van der Waals surface area contributed by atoms with Crippen molar-refractivity contribution in [1.82, 2.24) is 0 Å². The van der Waals surface area contributed by atoms with Crippen molar-refractivity contribution >= 4 is 23.5 Å². The Labute approximate surface area is 141 Å². The summed E-state index contributed by atoms with van der Waals surface area (Å²) < 4.78 is 9.45. The van der Waals surface area contributed by atoms with Crippen LogP contribution < -0.4 is 5.32 Å². The Balaban J connectivity index is 1.85. The Hall–Kier alpha value is -2.37. The Morgan fingerprint density at radius 3 is 2.25 bits per heavy atom. The highest BCUT2D eigenvalue weighted by Gasteiger charge is 2.23. The maximum absolute atomic E-state index is 11.5. The third-order valence-corrected chi connectivity index (χ3v) is 4.38. The summed E-state index contributed by atoms with van der Waals surface area (Å²) >= 11 is 0. The minimum absolute atomic E-state index is 0.221. The number of benzene rings is 1. The molecule has 0 saturated heterocycles. The van der Waals surface area contributed by atoms with Gasteiger partial charge in [-0.2, -0.15) is 0 Å². The predicted octanol–water partition coefficient (Wildman–Crippen LogP) is 2.64. The third kappa shape index (κ3) is 5.08. The van der Waals surface area contributed by atoms with Gasteiger partial charge in [0.25, 0.3) is 0 Å². The highest BCUT2D eigenvalue weighted by atomic mass is 16.5. The smallest absolute Gasteiger partial charge is 0.396 e. The Morgan fingerprint density at radius 1 is 1.08 bits per heavy atom. The standard InChI is InChI=1S/C18H23NO5/c1-12(20)24-11-13-3-5-14(6-4-13)15-7-9-16(10-8-15)19-17(21)18(22)23-2/h7-10,13-14H,3-6,11H2,1-2H3,(H,19,21)/t13-,14-. The van der Waals surface area contributed by atoms with Crippen LogP contribution >= 0.6 is 0 Å². The summed E-state index contributed by atoms with van der Waals surface area (Å²) in [6, 6.07) is 7.54. The number of ether oxygens (including phenoxy) is 2. The molecule has 0 bridgehead atoms. The molecule has 0 atom stereocenters. The van der Waals surface area contributed by atoms with Gasteiger partial charge in [0.15, 0.2) is 0 Å². The molecular weight excluding hydrogens is 310 g/mol. The van der Waals surface area contributed by atoms with Crippen LogP contribution in [-0.4, -0.2) is 31.6 Å². The number of rotatable bonds is 4. The lowest BCUT2D eigenvalue weighted by Crippen LogP contribution is -2.23. The van der Waals surface area contributed by atoms with Crippen molar-refractivity contribution in [3.05, 3.63) is 29.8 Å². The van der Waals surface area contributed by atoms with E-state index in [4.69, 9.17) is 4.74 Å². The first-order valence-electron chi connectivity index (χ1n) is 8.12. The van der Waals surface area contributed by atoms with Gasteiger partial charge in [-0.15, -0.1) is 0 Å². The zero-order chi connectivity index (χ0) is 17.5. The first-order chi connectivity index (χ1) is 11.5. The van der Waals surface area contributed by atoms with Crippen molar-refractivity contribution in [3.8, 4) is 0 Å². The largest absolute Gasteiger partial charge is 0.466 e. The van der Waals surface area contributed by atoms with Crippen molar-refractivity contribution in [3.63, 3.8) is 0 Å². The molecule has 1 saturated carbocycles. The van der Waals surface area contributed by atoms with E-state index in [0.717, 1.165) is 25.7 Å². The summed E-state index contributed by atoms with van der Waals surface area (Å²) in [7, 11) is 1.17. The molecule has 0 aliphatic heterocycles. The molecule has 0 aromatic heterocycles. The maximum atomic E-state index is 11.5. The fraction of sp³-hybridized carbons (Fsp3) is 0.500. The zero-order valence-electron chi connectivity index (χ0n) is 14.0. The first kappa shape index (κ1) is 18.0. The summed E-state index contributed by atoms with van der Waals surface area (Å²) in [5, 5.41) is 2.50. The molecule has 6 nitrogen and oxygen atoms in total. The lowest BCUT2D eigenvalue weighted by molar-refractivity contribution is -0.150. The molecule has 1 N–H and O–H groups in total. The van der Waals surface area contributed by atoms with E-state index in [2.05, 4.69) is 10.1 Å². The molecule has 6 heteroatoms. The van der Waals surface area contributed by atoms with Crippen LogP contribution in [-0.2, 0) is 23.9 Å². The fourth-order valence-electron chi connectivity index (χ4n) is 3.01. The van der Waals surface area contributed by atoms with E-state index in [1.54, 1.807) is 12.1 Å². The number of esters is 2. The van der Waals surface area contributed by atoms with E-state index >= 15 is 0 Å². The van der Waals surface area contributed by atoms with Gasteiger partial charge in [-0.05, 0) is 55.2 Å². The van der Waals surface area contributed by atoms with Gasteiger partial charge in [-0.1, -0.05) is 12.1 Å². The average molecular weight is 333 g/mol. The van der Waals surface area contributed by atoms with Crippen LogP contribution in [0.1, 0.15) is 44.1 Å². The lowest BCUT2D eigenvalue weighted by Gasteiger charge is -2.28. The third-order valence-electron chi connectivity index (χ3n) is 4.38. The monoisotopic (exact) mass is 333 g/mol. The van der Waals surface area contributed by atoms with Crippen LogP contribution in [0.15, 0.2) is 24.3 Å². The molecule has 1 aliphatic rings. The number of amides is 1. The number of methoxy groups -OCH3 is 1. The Kier molecular flexibility index (Phi) is 6.35. The second-order valence-corrected chi connectivity index (χ2v) is 6.09. The normalized spacial score (nSPS) is 20.1. The van der Waals surface area contributed by atoms with Crippen LogP contribution in [0.4, 0.5) is 5.69 Å². The average Bonchev–Trinajstić information content (AvgIpc) is 2.60. The van der Waals surface area contributed by atoms with Crippen molar-refractivity contribution in [2.75, 3.05) is 19.0 Å². The van der Waals surface area contributed by atoms with E-state index < -0.39 is 11.9 Å². The molecule has 0 spiro atoms. The highest BCUT2D eigenvalue weighted by molar-refractivity contribution is 6.37. The molecule has 1 aromatic rings. The minimum Gasteiger partial charge on any atom is -0.466 e. The number of hydrogen-bond acceptors (Lipinski definition) is 5. The van der Waals surface area contributed by atoms with E-state index in [1.807, 2.05) is 12.1 Å². The molecule has 130 valence electrons. The highest BCUT2D eigenvalue weighted by Crippen LogP contribution is 2.36. The molecule has 24 heavy (non-hydrogen) atoms. The van der Waals surface area contributed by atoms with Crippen molar-refractivity contribution < 1.29 is 23.9 Å². The van der Waals surface area contributed by atoms with E-state index in [0.29, 0.717) is 24.1 Å². The molecule has 1 amide bonds. The molecule has 0 radical (unpaired) electrons. The Morgan fingerprint density at radius 2 is 1.71 bits per heavy atom. The summed E-state index contributed by atoms with van der Waals surface area (Å²) in [6.45, 7) is 1.95. The van der Waals surface area contributed by atoms with Gasteiger partial charge in [0.2, 0.25) is 0 Å². The molecule has 0 unspecified atom stereocenters. The van der Waals surface area contributed by atoms with Crippen molar-refractivity contribution in [2.45, 2.75) is 38.5 Å². The minimum atomic E-state index is -0.912. The van der Waals surface area contributed by atoms with Crippen LogP contribution in [0.2, 0.25) is 0 Å². The van der Waals surface area contributed by atoms with E-state index in [-0.39, 0.29) is 5.97 Å². The summed E-state index contributed by atoms with van der Waals surface area (Å²) in [4.78, 5) is 33.4. The number of carbonyl (C=O) groups is 3. The van der Waals surface area contributed by atoms with Crippen LogP contribution in [0.3, 0.4) is 0 Å². The topological polar surface area (TPSA) is 81.7 Å². The van der Waals surface area contributed by atoms with Gasteiger partial charge in [0.1, 0.15) is 0 Å². The summed E-state index contributed by atoms with van der Waals surface area (Å²) in [5.74, 6) is -0.990. The second kappa shape index (κ2) is 8.47. The van der Waals surface area contributed by atoms with Crippen LogP contribution in [0, 0.1) is 5.92 Å². The number of carbonyl (C=O) groups excluding carboxylic acids is 3.